The molecule has 0 fully saturated rings. The molecule has 72 valence electrons. The van der Waals surface area contributed by atoms with Crippen molar-refractivity contribution in [3.63, 3.8) is 0 Å². The summed E-state index contributed by atoms with van der Waals surface area (Å²) < 4.78 is 11.3. The standard InChI is InChI=1S/C8H13N2O2P/c9-5-1-3-7-13(11,12)8-4-2-6-10/h1-4,7-8H2,(H,11,12). The number of nitriles is 2. The predicted molar refractivity (Wildman–Crippen MR) is 49.3 cm³/mol. The van der Waals surface area contributed by atoms with E-state index in [9.17, 15) is 9.46 Å². The molecule has 0 aliphatic carbocycles. The van der Waals surface area contributed by atoms with Gasteiger partial charge in [-0.3, -0.25) is 4.57 Å². The van der Waals surface area contributed by atoms with E-state index in [0.717, 1.165) is 0 Å². The second-order valence-electron chi connectivity index (χ2n) is 2.82. The van der Waals surface area contributed by atoms with Crippen LogP contribution in [0.15, 0.2) is 0 Å². The van der Waals surface area contributed by atoms with Crippen LogP contribution in [-0.4, -0.2) is 17.2 Å². The highest BCUT2D eigenvalue weighted by Gasteiger charge is 2.16. The lowest BCUT2D eigenvalue weighted by molar-refractivity contribution is 0.474. The largest absolute Gasteiger partial charge is 0.344 e. The number of unbranched alkanes of at least 4 members (excludes halogenated alkanes) is 2. The van der Waals surface area contributed by atoms with Crippen LogP contribution in [0.4, 0.5) is 0 Å². The van der Waals surface area contributed by atoms with Crippen molar-refractivity contribution in [3.05, 3.63) is 0 Å². The normalized spacial score (nSPS) is 10.4. The molecule has 0 unspecified atom stereocenters. The molecule has 0 aliphatic heterocycles. The van der Waals surface area contributed by atoms with Crippen LogP contribution in [0, 0.1) is 22.7 Å². The lowest BCUT2D eigenvalue weighted by Crippen LogP contribution is -1.94. The topological polar surface area (TPSA) is 84.9 Å². The first-order valence-corrected chi connectivity index (χ1v) is 6.20. The molecule has 0 aliphatic rings. The van der Waals surface area contributed by atoms with Crippen molar-refractivity contribution in [2.45, 2.75) is 25.7 Å². The van der Waals surface area contributed by atoms with Gasteiger partial charge in [0.05, 0.1) is 12.1 Å². The molecule has 0 atom stereocenters. The van der Waals surface area contributed by atoms with Crippen LogP contribution < -0.4 is 0 Å². The van der Waals surface area contributed by atoms with E-state index < -0.39 is 7.37 Å². The third-order valence-electron chi connectivity index (χ3n) is 1.59. The second-order valence-corrected chi connectivity index (χ2v) is 5.40. The molecule has 0 heterocycles. The van der Waals surface area contributed by atoms with Gasteiger partial charge in [0.25, 0.3) is 0 Å². The van der Waals surface area contributed by atoms with E-state index in [-0.39, 0.29) is 12.3 Å². The molecule has 13 heavy (non-hydrogen) atoms. The van der Waals surface area contributed by atoms with Crippen LogP contribution in [-0.2, 0) is 4.57 Å². The fourth-order valence-corrected chi connectivity index (χ4v) is 2.45. The van der Waals surface area contributed by atoms with Gasteiger partial charge in [0, 0.05) is 25.2 Å². The summed E-state index contributed by atoms with van der Waals surface area (Å²) in [5.41, 5.74) is 0. The summed E-state index contributed by atoms with van der Waals surface area (Å²) in [7, 11) is -3.05. The van der Waals surface area contributed by atoms with Crippen LogP contribution in [0.1, 0.15) is 25.7 Å². The van der Waals surface area contributed by atoms with E-state index >= 15 is 0 Å². The minimum atomic E-state index is -3.05. The van der Waals surface area contributed by atoms with Crippen molar-refractivity contribution < 1.29 is 9.46 Å². The van der Waals surface area contributed by atoms with Crippen molar-refractivity contribution in [3.8, 4) is 12.1 Å². The van der Waals surface area contributed by atoms with Crippen molar-refractivity contribution in [1.82, 2.24) is 0 Å². The van der Waals surface area contributed by atoms with Crippen LogP contribution in [0.3, 0.4) is 0 Å². The fourth-order valence-electron chi connectivity index (χ4n) is 0.922. The Balaban J connectivity index is 3.63. The van der Waals surface area contributed by atoms with Crippen molar-refractivity contribution in [2.75, 3.05) is 12.3 Å². The molecule has 0 saturated carbocycles. The van der Waals surface area contributed by atoms with Crippen LogP contribution in [0.5, 0.6) is 0 Å². The average Bonchev–Trinajstić information content (AvgIpc) is 2.05. The molecule has 0 bridgehead atoms. The molecule has 5 heteroatoms. The fraction of sp³-hybridized carbons (Fsp3) is 0.750. The number of hydrogen-bond acceptors (Lipinski definition) is 3. The summed E-state index contributed by atoms with van der Waals surface area (Å²) in [4.78, 5) is 9.30. The summed E-state index contributed by atoms with van der Waals surface area (Å²) in [6, 6.07) is 3.85. The SMILES string of the molecule is N#CCCCP(=O)(O)CCCC#N. The van der Waals surface area contributed by atoms with Crippen molar-refractivity contribution >= 4 is 7.37 Å². The first-order valence-electron chi connectivity index (χ1n) is 4.17. The van der Waals surface area contributed by atoms with Gasteiger partial charge < -0.3 is 4.89 Å². The van der Waals surface area contributed by atoms with Crippen molar-refractivity contribution in [1.29, 1.82) is 10.5 Å². The molecule has 0 saturated heterocycles. The lowest BCUT2D eigenvalue weighted by atomic mass is 10.4. The molecule has 0 amide bonds. The maximum absolute atomic E-state index is 11.3. The Morgan fingerprint density at radius 1 is 1.08 bits per heavy atom. The minimum Gasteiger partial charge on any atom is -0.344 e. The van der Waals surface area contributed by atoms with E-state index in [0.29, 0.717) is 25.7 Å². The van der Waals surface area contributed by atoms with Gasteiger partial charge in [-0.15, -0.1) is 0 Å². The van der Waals surface area contributed by atoms with Gasteiger partial charge in [-0.05, 0) is 12.8 Å². The maximum atomic E-state index is 11.3. The molecule has 0 rings (SSSR count). The smallest absolute Gasteiger partial charge is 0.200 e. The van der Waals surface area contributed by atoms with E-state index in [1.807, 2.05) is 12.1 Å². The van der Waals surface area contributed by atoms with Gasteiger partial charge in [-0.2, -0.15) is 10.5 Å². The zero-order valence-corrected chi connectivity index (χ0v) is 8.33. The number of rotatable bonds is 6. The van der Waals surface area contributed by atoms with Gasteiger partial charge in [0.2, 0.25) is 7.37 Å². The summed E-state index contributed by atoms with van der Waals surface area (Å²) in [5, 5.41) is 16.4. The molecule has 1 N–H and O–H groups in total. The Kier molecular flexibility index (Phi) is 6.24. The van der Waals surface area contributed by atoms with Crippen LogP contribution in [0.2, 0.25) is 0 Å². The van der Waals surface area contributed by atoms with Gasteiger partial charge in [0.15, 0.2) is 0 Å². The van der Waals surface area contributed by atoms with Gasteiger partial charge in [-0.25, -0.2) is 0 Å². The Morgan fingerprint density at radius 3 is 1.77 bits per heavy atom. The quantitative estimate of drug-likeness (QED) is 0.523. The van der Waals surface area contributed by atoms with Crippen LogP contribution in [0.25, 0.3) is 0 Å². The minimum absolute atomic E-state index is 0.200. The molecular weight excluding hydrogens is 187 g/mol. The first kappa shape index (κ1) is 12.2. The van der Waals surface area contributed by atoms with Crippen LogP contribution >= 0.6 is 7.37 Å². The summed E-state index contributed by atoms with van der Waals surface area (Å²) in [5.74, 6) is 0. The van der Waals surface area contributed by atoms with Crippen molar-refractivity contribution in [2.24, 2.45) is 0 Å². The number of nitrogens with zero attached hydrogens (tertiary/aromatic N) is 2. The van der Waals surface area contributed by atoms with E-state index in [1.54, 1.807) is 0 Å². The monoisotopic (exact) mass is 200 g/mol. The lowest BCUT2D eigenvalue weighted by Gasteiger charge is -2.08. The summed E-state index contributed by atoms with van der Waals surface area (Å²) in [6.07, 6.45) is 1.98. The van der Waals surface area contributed by atoms with E-state index in [4.69, 9.17) is 10.5 Å². The van der Waals surface area contributed by atoms with E-state index in [1.165, 1.54) is 0 Å². The summed E-state index contributed by atoms with van der Waals surface area (Å²) >= 11 is 0. The molecule has 4 nitrogen and oxygen atoms in total. The van der Waals surface area contributed by atoms with Gasteiger partial charge in [-0.1, -0.05) is 0 Å². The second kappa shape index (κ2) is 6.66. The average molecular weight is 200 g/mol. The number of hydrogen-bond donors (Lipinski definition) is 1. The summed E-state index contributed by atoms with van der Waals surface area (Å²) in [6.45, 7) is 0. The van der Waals surface area contributed by atoms with E-state index in [2.05, 4.69) is 0 Å². The Hall–Kier alpha value is -0.830. The highest BCUT2D eigenvalue weighted by atomic mass is 31.2. The molecule has 0 radical (unpaired) electrons. The Morgan fingerprint density at radius 2 is 1.46 bits per heavy atom. The zero-order chi connectivity index (χ0) is 10.2. The molecule has 0 spiro atoms. The highest BCUT2D eigenvalue weighted by Crippen LogP contribution is 2.42. The molecule has 0 aromatic carbocycles. The first-order chi connectivity index (χ1) is 6.12. The third kappa shape index (κ3) is 7.53. The molecular formula is C8H13N2O2P. The molecule has 0 aromatic heterocycles. The third-order valence-corrected chi connectivity index (χ3v) is 3.62. The zero-order valence-electron chi connectivity index (χ0n) is 7.44. The highest BCUT2D eigenvalue weighted by molar-refractivity contribution is 7.57. The Bertz CT molecular complexity index is 240. The van der Waals surface area contributed by atoms with Gasteiger partial charge in [0.1, 0.15) is 0 Å². The Labute approximate surface area is 78.2 Å². The molecule has 0 aromatic rings. The maximum Gasteiger partial charge on any atom is 0.200 e. The predicted octanol–water partition coefficient (Wildman–Crippen LogP) is 1.86. The van der Waals surface area contributed by atoms with Gasteiger partial charge >= 0.3 is 0 Å².